The summed E-state index contributed by atoms with van der Waals surface area (Å²) in [6.45, 7) is 2.07. The fourth-order valence-electron chi connectivity index (χ4n) is 1.80. The van der Waals surface area contributed by atoms with Crippen molar-refractivity contribution in [3.8, 4) is 5.75 Å². The number of nitrogens with zero attached hydrogens (tertiary/aromatic N) is 2. The van der Waals surface area contributed by atoms with E-state index < -0.39 is 0 Å². The zero-order chi connectivity index (χ0) is 14.5. The number of benzene rings is 1. The average Bonchev–Trinajstić information content (AvgIpc) is 2.40. The number of nitrogen functional groups attached to an aromatic ring is 1. The lowest BCUT2D eigenvalue weighted by molar-refractivity contribution is 0.415. The number of aryl methyl sites for hydroxylation is 1. The van der Waals surface area contributed by atoms with Crippen LogP contribution in [0.25, 0.3) is 0 Å². The highest BCUT2D eigenvalue weighted by Gasteiger charge is 2.05. The molecule has 0 amide bonds. The molecule has 1 aromatic heterocycles. The van der Waals surface area contributed by atoms with Crippen molar-refractivity contribution in [1.82, 2.24) is 9.97 Å². The van der Waals surface area contributed by atoms with Crippen LogP contribution in [0.2, 0.25) is 5.02 Å². The van der Waals surface area contributed by atoms with Crippen LogP contribution in [0.4, 0.5) is 17.3 Å². The van der Waals surface area contributed by atoms with Crippen LogP contribution in [0.5, 0.6) is 5.75 Å². The van der Waals surface area contributed by atoms with E-state index in [2.05, 4.69) is 22.2 Å². The molecule has 0 unspecified atom stereocenters. The van der Waals surface area contributed by atoms with E-state index in [1.807, 2.05) is 6.07 Å². The van der Waals surface area contributed by atoms with Gasteiger partial charge in [-0.1, -0.05) is 18.5 Å². The van der Waals surface area contributed by atoms with E-state index in [4.69, 9.17) is 22.1 Å². The maximum Gasteiger partial charge on any atom is 0.139 e. The number of nitrogens with two attached hydrogens (primary N) is 1. The Balaban J connectivity index is 2.25. The van der Waals surface area contributed by atoms with Gasteiger partial charge in [-0.2, -0.15) is 0 Å². The predicted octanol–water partition coefficient (Wildman–Crippen LogP) is 3.42. The van der Waals surface area contributed by atoms with E-state index >= 15 is 0 Å². The number of methoxy groups -OCH3 is 1. The third kappa shape index (κ3) is 3.51. The molecule has 0 saturated heterocycles. The lowest BCUT2D eigenvalue weighted by Gasteiger charge is -2.10. The van der Waals surface area contributed by atoms with Crippen molar-refractivity contribution in [1.29, 1.82) is 0 Å². The molecule has 0 bridgehead atoms. The van der Waals surface area contributed by atoms with E-state index in [-0.39, 0.29) is 0 Å². The molecule has 0 aliphatic carbocycles. The van der Waals surface area contributed by atoms with Crippen molar-refractivity contribution >= 4 is 28.9 Å². The zero-order valence-electron chi connectivity index (χ0n) is 11.5. The van der Waals surface area contributed by atoms with Crippen molar-refractivity contribution in [2.45, 2.75) is 19.8 Å². The minimum Gasteiger partial charge on any atom is -0.495 e. The molecule has 1 heterocycles. The summed E-state index contributed by atoms with van der Waals surface area (Å²) in [7, 11) is 1.58. The van der Waals surface area contributed by atoms with E-state index in [1.165, 1.54) is 0 Å². The molecule has 0 aliphatic rings. The minimum atomic E-state index is 0.451. The first-order valence-electron chi connectivity index (χ1n) is 6.36. The van der Waals surface area contributed by atoms with Crippen LogP contribution in [0.1, 0.15) is 19.2 Å². The largest absolute Gasteiger partial charge is 0.495 e. The fraction of sp³-hybridized carbons (Fsp3) is 0.286. The molecule has 1 aromatic carbocycles. The molecular weight excluding hydrogens is 276 g/mol. The first-order valence-corrected chi connectivity index (χ1v) is 6.74. The highest BCUT2D eigenvalue weighted by Crippen LogP contribution is 2.28. The average molecular weight is 293 g/mol. The van der Waals surface area contributed by atoms with Gasteiger partial charge >= 0.3 is 0 Å². The maximum absolute atomic E-state index is 5.99. The molecule has 20 heavy (non-hydrogen) atoms. The van der Waals surface area contributed by atoms with E-state index in [1.54, 1.807) is 25.3 Å². The Morgan fingerprint density at radius 2 is 2.10 bits per heavy atom. The van der Waals surface area contributed by atoms with E-state index in [0.717, 1.165) is 24.4 Å². The Bertz CT molecular complexity index is 604. The highest BCUT2D eigenvalue weighted by atomic mass is 35.5. The van der Waals surface area contributed by atoms with Crippen LogP contribution in [0, 0.1) is 0 Å². The molecule has 0 saturated carbocycles. The molecule has 0 atom stereocenters. The number of halogens is 1. The fourth-order valence-corrected chi connectivity index (χ4v) is 2.00. The highest BCUT2D eigenvalue weighted by molar-refractivity contribution is 6.32. The number of aromatic nitrogens is 2. The molecule has 0 radical (unpaired) electrons. The number of hydrogen-bond acceptors (Lipinski definition) is 5. The SMILES string of the molecule is CCCc1nc(N)cc(Nc2ccc(Cl)c(OC)c2)n1. The molecule has 0 spiro atoms. The molecule has 5 nitrogen and oxygen atoms in total. The maximum atomic E-state index is 5.99. The number of nitrogens with one attached hydrogen (secondary N) is 1. The molecule has 3 N–H and O–H groups in total. The van der Waals surface area contributed by atoms with Gasteiger partial charge in [-0.25, -0.2) is 9.97 Å². The van der Waals surface area contributed by atoms with Gasteiger partial charge in [-0.05, 0) is 18.6 Å². The molecule has 0 fully saturated rings. The van der Waals surface area contributed by atoms with Crippen LogP contribution in [0.3, 0.4) is 0 Å². The quantitative estimate of drug-likeness (QED) is 0.883. The Kier molecular flexibility index (Phi) is 4.63. The molecule has 2 aromatic rings. The van der Waals surface area contributed by atoms with Gasteiger partial charge in [0.2, 0.25) is 0 Å². The number of ether oxygens (including phenoxy) is 1. The Morgan fingerprint density at radius 1 is 1.30 bits per heavy atom. The van der Waals surface area contributed by atoms with Crippen molar-refractivity contribution in [3.05, 3.63) is 35.1 Å². The first kappa shape index (κ1) is 14.4. The van der Waals surface area contributed by atoms with Gasteiger partial charge in [-0.15, -0.1) is 0 Å². The molecule has 106 valence electrons. The Hall–Kier alpha value is -2.01. The van der Waals surface area contributed by atoms with Gasteiger partial charge in [0.05, 0.1) is 12.1 Å². The van der Waals surface area contributed by atoms with Crippen LogP contribution >= 0.6 is 11.6 Å². The smallest absolute Gasteiger partial charge is 0.139 e. The van der Waals surface area contributed by atoms with Crippen LogP contribution in [0.15, 0.2) is 24.3 Å². The standard InChI is InChI=1S/C14H17ClN4O/c1-3-4-13-18-12(16)8-14(19-13)17-9-5-6-10(15)11(7-9)20-2/h5-8H,3-4H2,1-2H3,(H3,16,17,18,19). The van der Waals surface area contributed by atoms with Crippen LogP contribution in [-0.4, -0.2) is 17.1 Å². The van der Waals surface area contributed by atoms with Gasteiger partial charge < -0.3 is 15.8 Å². The summed E-state index contributed by atoms with van der Waals surface area (Å²) in [5, 5.41) is 3.74. The van der Waals surface area contributed by atoms with Crippen molar-refractivity contribution in [2.75, 3.05) is 18.2 Å². The number of rotatable bonds is 5. The Morgan fingerprint density at radius 3 is 2.80 bits per heavy atom. The summed E-state index contributed by atoms with van der Waals surface area (Å²) in [5.74, 6) is 2.45. The number of hydrogen-bond donors (Lipinski definition) is 2. The zero-order valence-corrected chi connectivity index (χ0v) is 12.2. The summed E-state index contributed by atoms with van der Waals surface area (Å²) in [6, 6.07) is 7.11. The second-order valence-electron chi connectivity index (χ2n) is 4.32. The summed E-state index contributed by atoms with van der Waals surface area (Å²) < 4.78 is 5.18. The van der Waals surface area contributed by atoms with Crippen molar-refractivity contribution < 1.29 is 4.74 Å². The van der Waals surface area contributed by atoms with Gasteiger partial charge in [-0.3, -0.25) is 0 Å². The third-order valence-corrected chi connectivity index (χ3v) is 3.00. The summed E-state index contributed by atoms with van der Waals surface area (Å²) in [5.41, 5.74) is 6.61. The second-order valence-corrected chi connectivity index (χ2v) is 4.73. The molecule has 2 rings (SSSR count). The van der Waals surface area contributed by atoms with Crippen LogP contribution < -0.4 is 15.8 Å². The minimum absolute atomic E-state index is 0.451. The monoisotopic (exact) mass is 292 g/mol. The lowest BCUT2D eigenvalue weighted by atomic mass is 10.3. The Labute approximate surface area is 123 Å². The molecular formula is C14H17ClN4O. The second kappa shape index (κ2) is 6.43. The van der Waals surface area contributed by atoms with Gasteiger partial charge in [0.25, 0.3) is 0 Å². The van der Waals surface area contributed by atoms with E-state index in [0.29, 0.717) is 22.4 Å². The summed E-state index contributed by atoms with van der Waals surface area (Å²) in [4.78, 5) is 8.61. The van der Waals surface area contributed by atoms with Crippen molar-refractivity contribution in [2.24, 2.45) is 0 Å². The first-order chi connectivity index (χ1) is 9.62. The molecule has 0 aliphatic heterocycles. The van der Waals surface area contributed by atoms with Crippen molar-refractivity contribution in [3.63, 3.8) is 0 Å². The van der Waals surface area contributed by atoms with Gasteiger partial charge in [0.15, 0.2) is 0 Å². The van der Waals surface area contributed by atoms with Gasteiger partial charge in [0, 0.05) is 24.2 Å². The predicted molar refractivity (Wildman–Crippen MR) is 81.7 cm³/mol. The normalized spacial score (nSPS) is 10.3. The van der Waals surface area contributed by atoms with Crippen LogP contribution in [-0.2, 0) is 6.42 Å². The topological polar surface area (TPSA) is 73.1 Å². The lowest BCUT2D eigenvalue weighted by Crippen LogP contribution is -2.03. The summed E-state index contributed by atoms with van der Waals surface area (Å²) in [6.07, 6.45) is 1.77. The molecule has 6 heteroatoms. The van der Waals surface area contributed by atoms with Gasteiger partial charge in [0.1, 0.15) is 23.2 Å². The van der Waals surface area contributed by atoms with E-state index in [9.17, 15) is 0 Å². The summed E-state index contributed by atoms with van der Waals surface area (Å²) >= 11 is 5.99. The third-order valence-electron chi connectivity index (χ3n) is 2.69. The number of anilines is 3.